The van der Waals surface area contributed by atoms with Gasteiger partial charge in [-0.1, -0.05) is 30.0 Å². The fourth-order valence-corrected chi connectivity index (χ4v) is 1.82. The van der Waals surface area contributed by atoms with Crippen molar-refractivity contribution in [3.63, 3.8) is 0 Å². The Morgan fingerprint density at radius 1 is 1.40 bits per heavy atom. The average Bonchev–Trinajstić information content (AvgIpc) is 2.44. The van der Waals surface area contributed by atoms with Gasteiger partial charge in [-0.2, -0.15) is 5.10 Å². The molecule has 0 saturated heterocycles. The molecule has 1 aliphatic heterocycles. The van der Waals surface area contributed by atoms with Crippen molar-refractivity contribution in [2.75, 3.05) is 0 Å². The van der Waals surface area contributed by atoms with Gasteiger partial charge in [-0.25, -0.2) is 4.99 Å². The number of thioether (sulfide) groups is 1. The van der Waals surface area contributed by atoms with E-state index in [1.165, 1.54) is 11.8 Å². The van der Waals surface area contributed by atoms with E-state index in [1.54, 1.807) is 6.21 Å². The number of amidine groups is 1. The van der Waals surface area contributed by atoms with Gasteiger partial charge in [0.05, 0.1) is 5.69 Å². The standard InChI is InChI=1S/C10H11N3OS/c14-9-6-7-11-13-10(15-9)12-8-4-2-1-3-5-8/h1-5,7,9,14H,6H2,(H,12,13). The van der Waals surface area contributed by atoms with E-state index < -0.39 is 5.44 Å². The summed E-state index contributed by atoms with van der Waals surface area (Å²) in [6.45, 7) is 0. The number of hydrogen-bond acceptors (Lipinski definition) is 4. The van der Waals surface area contributed by atoms with Crippen LogP contribution in [-0.2, 0) is 0 Å². The zero-order chi connectivity index (χ0) is 10.5. The SMILES string of the molecule is OC1CC=NNC(=Nc2ccccc2)S1. The Labute approximate surface area is 92.1 Å². The lowest BCUT2D eigenvalue weighted by atomic mass is 10.3. The molecule has 0 fully saturated rings. The molecule has 1 aromatic carbocycles. The van der Waals surface area contributed by atoms with Crippen LogP contribution >= 0.6 is 11.8 Å². The highest BCUT2D eigenvalue weighted by molar-refractivity contribution is 8.14. The van der Waals surface area contributed by atoms with Gasteiger partial charge in [0.25, 0.3) is 0 Å². The van der Waals surface area contributed by atoms with Crippen molar-refractivity contribution in [3.05, 3.63) is 30.3 Å². The average molecular weight is 221 g/mol. The van der Waals surface area contributed by atoms with Gasteiger partial charge in [-0.05, 0) is 12.1 Å². The van der Waals surface area contributed by atoms with Crippen molar-refractivity contribution >= 4 is 28.8 Å². The molecule has 1 atom stereocenters. The van der Waals surface area contributed by atoms with Crippen LogP contribution in [0.1, 0.15) is 6.42 Å². The molecule has 0 bridgehead atoms. The quantitative estimate of drug-likeness (QED) is 0.759. The van der Waals surface area contributed by atoms with Gasteiger partial charge in [0, 0.05) is 12.6 Å². The monoisotopic (exact) mass is 221 g/mol. The Kier molecular flexibility index (Phi) is 3.37. The molecule has 0 amide bonds. The van der Waals surface area contributed by atoms with Crippen LogP contribution in [0.2, 0.25) is 0 Å². The van der Waals surface area contributed by atoms with E-state index in [0.29, 0.717) is 11.6 Å². The maximum absolute atomic E-state index is 9.49. The number of rotatable bonds is 1. The number of benzene rings is 1. The summed E-state index contributed by atoms with van der Waals surface area (Å²) in [6, 6.07) is 9.57. The van der Waals surface area contributed by atoms with Crippen molar-refractivity contribution in [3.8, 4) is 0 Å². The van der Waals surface area contributed by atoms with Crippen LogP contribution in [0, 0.1) is 0 Å². The number of nitrogens with zero attached hydrogens (tertiary/aromatic N) is 2. The summed E-state index contributed by atoms with van der Waals surface area (Å²) in [5, 5.41) is 14.0. The molecular formula is C10H11N3OS. The van der Waals surface area contributed by atoms with Crippen LogP contribution in [0.3, 0.4) is 0 Å². The first-order chi connectivity index (χ1) is 7.34. The Morgan fingerprint density at radius 3 is 3.00 bits per heavy atom. The smallest absolute Gasteiger partial charge is 0.184 e. The summed E-state index contributed by atoms with van der Waals surface area (Å²) in [4.78, 5) is 4.32. The van der Waals surface area contributed by atoms with Crippen LogP contribution in [0.4, 0.5) is 5.69 Å². The summed E-state index contributed by atoms with van der Waals surface area (Å²) in [5.41, 5.74) is 3.15. The van der Waals surface area contributed by atoms with E-state index in [1.807, 2.05) is 30.3 Å². The highest BCUT2D eigenvalue weighted by atomic mass is 32.2. The third-order valence-corrected chi connectivity index (χ3v) is 2.66. The van der Waals surface area contributed by atoms with Gasteiger partial charge in [0.1, 0.15) is 5.44 Å². The number of para-hydroxylation sites is 1. The van der Waals surface area contributed by atoms with Gasteiger partial charge < -0.3 is 5.11 Å². The van der Waals surface area contributed by atoms with E-state index in [2.05, 4.69) is 15.5 Å². The molecule has 15 heavy (non-hydrogen) atoms. The van der Waals surface area contributed by atoms with E-state index in [-0.39, 0.29) is 0 Å². The normalized spacial score (nSPS) is 23.5. The topological polar surface area (TPSA) is 57.0 Å². The predicted octanol–water partition coefficient (Wildman–Crippen LogP) is 1.70. The molecule has 1 unspecified atom stereocenters. The van der Waals surface area contributed by atoms with Crippen molar-refractivity contribution in [1.82, 2.24) is 5.43 Å². The fourth-order valence-electron chi connectivity index (χ4n) is 1.12. The molecule has 0 spiro atoms. The van der Waals surface area contributed by atoms with Crippen molar-refractivity contribution < 1.29 is 5.11 Å². The number of aliphatic imine (C=N–C) groups is 1. The molecule has 0 aliphatic carbocycles. The van der Waals surface area contributed by atoms with Gasteiger partial charge in [0.15, 0.2) is 5.17 Å². The molecule has 0 radical (unpaired) electrons. The lowest BCUT2D eigenvalue weighted by Gasteiger charge is -2.05. The second-order valence-corrected chi connectivity index (χ2v) is 4.15. The highest BCUT2D eigenvalue weighted by Gasteiger charge is 2.11. The number of aliphatic hydroxyl groups is 1. The minimum absolute atomic E-state index is 0.480. The third kappa shape index (κ3) is 3.07. The number of aliphatic hydroxyl groups excluding tert-OH is 1. The Bertz CT molecular complexity index is 378. The maximum atomic E-state index is 9.49. The summed E-state index contributed by atoms with van der Waals surface area (Å²) in [5.74, 6) is 0. The van der Waals surface area contributed by atoms with Crippen molar-refractivity contribution in [1.29, 1.82) is 0 Å². The zero-order valence-corrected chi connectivity index (χ0v) is 8.81. The first-order valence-electron chi connectivity index (χ1n) is 4.60. The second-order valence-electron chi connectivity index (χ2n) is 2.98. The fraction of sp³-hybridized carbons (Fsp3) is 0.200. The van der Waals surface area contributed by atoms with Crippen LogP contribution in [0.25, 0.3) is 0 Å². The van der Waals surface area contributed by atoms with E-state index in [4.69, 9.17) is 0 Å². The zero-order valence-electron chi connectivity index (χ0n) is 8.00. The number of nitrogens with one attached hydrogen (secondary N) is 1. The van der Waals surface area contributed by atoms with E-state index >= 15 is 0 Å². The molecule has 5 heteroatoms. The maximum Gasteiger partial charge on any atom is 0.184 e. The van der Waals surface area contributed by atoms with E-state index in [9.17, 15) is 5.11 Å². The first kappa shape index (κ1) is 10.2. The van der Waals surface area contributed by atoms with E-state index in [0.717, 1.165) is 5.69 Å². The first-order valence-corrected chi connectivity index (χ1v) is 5.48. The summed E-state index contributed by atoms with van der Waals surface area (Å²) < 4.78 is 0. The summed E-state index contributed by atoms with van der Waals surface area (Å²) in [6.07, 6.45) is 2.18. The van der Waals surface area contributed by atoms with Crippen LogP contribution in [0.15, 0.2) is 40.4 Å². The number of hydrogen-bond donors (Lipinski definition) is 2. The summed E-state index contributed by atoms with van der Waals surface area (Å²) in [7, 11) is 0. The van der Waals surface area contributed by atoms with Crippen molar-refractivity contribution in [2.45, 2.75) is 11.9 Å². The van der Waals surface area contributed by atoms with Gasteiger partial charge in [-0.3, -0.25) is 5.43 Å². The Morgan fingerprint density at radius 2 is 2.20 bits per heavy atom. The van der Waals surface area contributed by atoms with Gasteiger partial charge in [-0.15, -0.1) is 0 Å². The molecule has 2 rings (SSSR count). The van der Waals surface area contributed by atoms with Gasteiger partial charge >= 0.3 is 0 Å². The lowest BCUT2D eigenvalue weighted by Crippen LogP contribution is -2.14. The molecule has 4 nitrogen and oxygen atoms in total. The molecule has 78 valence electrons. The molecule has 1 heterocycles. The predicted molar refractivity (Wildman–Crippen MR) is 63.4 cm³/mol. The largest absolute Gasteiger partial charge is 0.382 e. The van der Waals surface area contributed by atoms with Crippen LogP contribution in [0.5, 0.6) is 0 Å². The molecule has 2 N–H and O–H groups in total. The van der Waals surface area contributed by atoms with Crippen LogP contribution < -0.4 is 5.43 Å². The lowest BCUT2D eigenvalue weighted by molar-refractivity contribution is 0.274. The van der Waals surface area contributed by atoms with Crippen molar-refractivity contribution in [2.24, 2.45) is 10.1 Å². The molecule has 1 aliphatic rings. The summed E-state index contributed by atoms with van der Waals surface area (Å²) >= 11 is 1.27. The number of hydrazone groups is 1. The Hall–Kier alpha value is -1.33. The third-order valence-electron chi connectivity index (χ3n) is 1.79. The molecule has 0 saturated carbocycles. The molecule has 1 aromatic rings. The Balaban J connectivity index is 2.15. The van der Waals surface area contributed by atoms with Crippen LogP contribution in [-0.4, -0.2) is 21.9 Å². The highest BCUT2D eigenvalue weighted by Crippen LogP contribution is 2.18. The minimum Gasteiger partial charge on any atom is -0.382 e. The van der Waals surface area contributed by atoms with Gasteiger partial charge in [0.2, 0.25) is 0 Å². The molecule has 0 aromatic heterocycles. The molecular weight excluding hydrogens is 210 g/mol. The second kappa shape index (κ2) is 4.95. The minimum atomic E-state index is -0.480.